The van der Waals surface area contributed by atoms with Gasteiger partial charge in [0.1, 0.15) is 6.26 Å². The molecule has 3 aliphatic rings. The molecule has 4 rings (SSSR count). The zero-order valence-corrected chi connectivity index (χ0v) is 13.7. The lowest BCUT2D eigenvalue weighted by Gasteiger charge is -2.32. The predicted octanol–water partition coefficient (Wildman–Crippen LogP) is 3.22. The van der Waals surface area contributed by atoms with Crippen LogP contribution in [0.25, 0.3) is 0 Å². The number of carbonyl (C=O) groups is 1. The van der Waals surface area contributed by atoms with Gasteiger partial charge in [0.05, 0.1) is 0 Å². The highest BCUT2D eigenvalue weighted by atomic mass is 16.5. The number of hydrogen-bond acceptors (Lipinski definition) is 4. The highest BCUT2D eigenvalue weighted by Gasteiger charge is 2.32. The Morgan fingerprint density at radius 1 is 1.09 bits per heavy atom. The van der Waals surface area contributed by atoms with E-state index in [0.717, 1.165) is 39.1 Å². The van der Waals surface area contributed by atoms with Gasteiger partial charge in [0.25, 0.3) is 5.91 Å². The Kier molecular flexibility index (Phi) is 4.38. The second-order valence-corrected chi connectivity index (χ2v) is 7.41. The monoisotopic (exact) mass is 318 g/mol. The van der Waals surface area contributed by atoms with Crippen LogP contribution in [0.3, 0.4) is 0 Å². The molecule has 3 fully saturated rings. The fraction of sp³-hybridized carbons (Fsp3) is 0.778. The standard InChI is InChI=1S/C18H26N2O3/c21-18(20(11-14-4-5-14)10-13-2-1-3-13)16-12-23-17(19-16)15-6-8-22-9-7-15/h12-15H,1-11H2. The van der Waals surface area contributed by atoms with Gasteiger partial charge in [-0.2, -0.15) is 0 Å². The van der Waals surface area contributed by atoms with Gasteiger partial charge in [-0.3, -0.25) is 4.79 Å². The first-order valence-corrected chi connectivity index (χ1v) is 9.12. The first-order valence-electron chi connectivity index (χ1n) is 9.12. The summed E-state index contributed by atoms with van der Waals surface area (Å²) in [7, 11) is 0. The van der Waals surface area contributed by atoms with Crippen LogP contribution in [-0.4, -0.2) is 42.1 Å². The number of hydrogen-bond donors (Lipinski definition) is 0. The fourth-order valence-electron chi connectivity index (χ4n) is 3.52. The predicted molar refractivity (Wildman–Crippen MR) is 85.3 cm³/mol. The quantitative estimate of drug-likeness (QED) is 0.808. The zero-order chi connectivity index (χ0) is 15.6. The molecule has 0 aromatic carbocycles. The molecule has 1 saturated heterocycles. The van der Waals surface area contributed by atoms with Gasteiger partial charge in [-0.15, -0.1) is 0 Å². The summed E-state index contributed by atoms with van der Waals surface area (Å²) in [5, 5.41) is 0. The minimum atomic E-state index is 0.0610. The zero-order valence-electron chi connectivity index (χ0n) is 13.7. The van der Waals surface area contributed by atoms with E-state index in [1.807, 2.05) is 4.90 Å². The van der Waals surface area contributed by atoms with Crippen LogP contribution >= 0.6 is 0 Å². The molecule has 0 atom stereocenters. The molecule has 1 aliphatic heterocycles. The van der Waals surface area contributed by atoms with E-state index in [4.69, 9.17) is 9.15 Å². The second-order valence-electron chi connectivity index (χ2n) is 7.41. The molecule has 0 spiro atoms. The van der Waals surface area contributed by atoms with E-state index in [1.165, 1.54) is 32.1 Å². The summed E-state index contributed by atoms with van der Waals surface area (Å²) in [6.07, 6.45) is 9.80. The van der Waals surface area contributed by atoms with Gasteiger partial charge in [0.15, 0.2) is 11.6 Å². The van der Waals surface area contributed by atoms with Crippen molar-refractivity contribution < 1.29 is 13.9 Å². The van der Waals surface area contributed by atoms with Crippen molar-refractivity contribution in [2.45, 2.75) is 50.9 Å². The molecule has 126 valence electrons. The third kappa shape index (κ3) is 3.60. The van der Waals surface area contributed by atoms with Gasteiger partial charge in [0, 0.05) is 32.2 Å². The van der Waals surface area contributed by atoms with E-state index in [-0.39, 0.29) is 5.91 Å². The van der Waals surface area contributed by atoms with Crippen LogP contribution in [0.1, 0.15) is 67.2 Å². The molecule has 2 saturated carbocycles. The van der Waals surface area contributed by atoms with Crippen LogP contribution in [0, 0.1) is 11.8 Å². The molecule has 1 aromatic heterocycles. The summed E-state index contributed by atoms with van der Waals surface area (Å²) in [6, 6.07) is 0. The molecule has 0 unspecified atom stereocenters. The van der Waals surface area contributed by atoms with Crippen molar-refractivity contribution in [3.63, 3.8) is 0 Å². The number of carbonyl (C=O) groups excluding carboxylic acids is 1. The molecule has 0 radical (unpaired) electrons. The van der Waals surface area contributed by atoms with Crippen molar-refractivity contribution in [1.29, 1.82) is 0 Å². The Morgan fingerprint density at radius 2 is 1.78 bits per heavy atom. The van der Waals surface area contributed by atoms with Crippen molar-refractivity contribution in [3.8, 4) is 0 Å². The van der Waals surface area contributed by atoms with Crippen molar-refractivity contribution in [3.05, 3.63) is 17.8 Å². The largest absolute Gasteiger partial charge is 0.448 e. The van der Waals surface area contributed by atoms with Gasteiger partial charge in [-0.05, 0) is 50.4 Å². The highest BCUT2D eigenvalue weighted by Crippen LogP contribution is 2.33. The summed E-state index contributed by atoms with van der Waals surface area (Å²) in [5.41, 5.74) is 0.492. The van der Waals surface area contributed by atoms with Crippen molar-refractivity contribution in [2.75, 3.05) is 26.3 Å². The van der Waals surface area contributed by atoms with Crippen molar-refractivity contribution in [1.82, 2.24) is 9.88 Å². The maximum atomic E-state index is 12.9. The number of oxazole rings is 1. The Morgan fingerprint density at radius 3 is 2.39 bits per heavy atom. The summed E-state index contributed by atoms with van der Waals surface area (Å²) in [5.74, 6) is 2.48. The van der Waals surface area contributed by atoms with Crippen LogP contribution in [0.2, 0.25) is 0 Å². The van der Waals surface area contributed by atoms with Gasteiger partial charge < -0.3 is 14.1 Å². The van der Waals surface area contributed by atoms with Crippen molar-refractivity contribution >= 4 is 5.91 Å². The van der Waals surface area contributed by atoms with E-state index in [0.29, 0.717) is 29.3 Å². The normalized spacial score (nSPS) is 22.8. The molecule has 23 heavy (non-hydrogen) atoms. The third-order valence-corrected chi connectivity index (χ3v) is 5.48. The fourth-order valence-corrected chi connectivity index (χ4v) is 3.52. The molecule has 1 amide bonds. The van der Waals surface area contributed by atoms with Gasteiger partial charge in [0.2, 0.25) is 0 Å². The Hall–Kier alpha value is -1.36. The van der Waals surface area contributed by atoms with E-state index in [9.17, 15) is 4.79 Å². The average molecular weight is 318 g/mol. The number of aromatic nitrogens is 1. The van der Waals surface area contributed by atoms with Gasteiger partial charge in [-0.1, -0.05) is 6.42 Å². The Bertz CT molecular complexity index is 542. The molecular formula is C18H26N2O3. The van der Waals surface area contributed by atoms with Crippen LogP contribution in [0.5, 0.6) is 0 Å². The molecule has 0 N–H and O–H groups in total. The molecule has 5 nitrogen and oxygen atoms in total. The summed E-state index contributed by atoms with van der Waals surface area (Å²) >= 11 is 0. The lowest BCUT2D eigenvalue weighted by molar-refractivity contribution is 0.0679. The number of amides is 1. The minimum Gasteiger partial charge on any atom is -0.448 e. The van der Waals surface area contributed by atoms with Crippen LogP contribution in [0.4, 0.5) is 0 Å². The highest BCUT2D eigenvalue weighted by molar-refractivity contribution is 5.92. The summed E-state index contributed by atoms with van der Waals surface area (Å²) in [4.78, 5) is 19.4. The van der Waals surface area contributed by atoms with Gasteiger partial charge >= 0.3 is 0 Å². The Labute approximate surface area is 137 Å². The molecular weight excluding hydrogens is 292 g/mol. The molecule has 2 heterocycles. The van der Waals surface area contributed by atoms with Crippen molar-refractivity contribution in [2.24, 2.45) is 11.8 Å². The van der Waals surface area contributed by atoms with Crippen LogP contribution in [0.15, 0.2) is 10.7 Å². The summed E-state index contributed by atoms with van der Waals surface area (Å²) in [6.45, 7) is 3.31. The topological polar surface area (TPSA) is 55.6 Å². The first kappa shape index (κ1) is 15.2. The molecule has 0 bridgehead atoms. The number of nitrogens with zero attached hydrogens (tertiary/aromatic N) is 2. The maximum Gasteiger partial charge on any atom is 0.275 e. The van der Waals surface area contributed by atoms with Crippen LogP contribution in [-0.2, 0) is 4.74 Å². The smallest absolute Gasteiger partial charge is 0.275 e. The second kappa shape index (κ2) is 6.63. The maximum absolute atomic E-state index is 12.9. The van der Waals surface area contributed by atoms with E-state index >= 15 is 0 Å². The minimum absolute atomic E-state index is 0.0610. The third-order valence-electron chi connectivity index (χ3n) is 5.48. The summed E-state index contributed by atoms with van der Waals surface area (Å²) < 4.78 is 11.0. The first-order chi connectivity index (χ1) is 11.3. The average Bonchev–Trinajstić information content (AvgIpc) is 3.22. The Balaban J connectivity index is 1.43. The number of rotatable bonds is 6. The van der Waals surface area contributed by atoms with Crippen LogP contribution < -0.4 is 0 Å². The molecule has 5 heteroatoms. The lowest BCUT2D eigenvalue weighted by Crippen LogP contribution is -2.39. The SMILES string of the molecule is O=C(c1coc(C2CCOCC2)n1)N(CC1CCC1)CC1CC1. The van der Waals surface area contributed by atoms with E-state index in [2.05, 4.69) is 4.98 Å². The van der Waals surface area contributed by atoms with E-state index in [1.54, 1.807) is 6.26 Å². The molecule has 2 aliphatic carbocycles. The number of ether oxygens (including phenoxy) is 1. The van der Waals surface area contributed by atoms with Gasteiger partial charge in [-0.25, -0.2) is 4.98 Å². The van der Waals surface area contributed by atoms with E-state index < -0.39 is 0 Å². The molecule has 1 aromatic rings. The lowest BCUT2D eigenvalue weighted by atomic mass is 9.85.